The molecule has 0 amide bonds. The lowest BCUT2D eigenvalue weighted by Crippen LogP contribution is -2.47. The Morgan fingerprint density at radius 3 is 2.05 bits per heavy atom. The molecule has 0 aliphatic heterocycles. The molecule has 5 heteroatoms. The summed E-state index contributed by atoms with van der Waals surface area (Å²) >= 11 is 3.41. The minimum atomic E-state index is -3.34. The fourth-order valence-electron chi connectivity index (χ4n) is 1.92. The minimum Gasteiger partial charge on any atom is -0.212 e. The Kier molecular flexibility index (Phi) is 5.21. The van der Waals surface area contributed by atoms with Crippen LogP contribution in [-0.4, -0.2) is 19.5 Å². The number of rotatable bonds is 5. The maximum absolute atomic E-state index is 12.3. The summed E-state index contributed by atoms with van der Waals surface area (Å²) in [5.74, 6) is 0.107. The summed E-state index contributed by atoms with van der Waals surface area (Å²) < 4.78 is 27.3. The van der Waals surface area contributed by atoms with E-state index in [1.165, 1.54) is 0 Å². The Morgan fingerprint density at radius 2 is 1.63 bits per heavy atom. The number of hydrogen-bond acceptors (Lipinski definition) is 2. The Balaban J connectivity index is 3.00. The van der Waals surface area contributed by atoms with Crippen LogP contribution < -0.4 is 4.72 Å². The van der Waals surface area contributed by atoms with Crippen molar-refractivity contribution in [3.8, 4) is 0 Å². The molecule has 0 heterocycles. The molecular weight excluding hydrogens is 326 g/mol. The van der Waals surface area contributed by atoms with Gasteiger partial charge in [0.1, 0.15) is 0 Å². The van der Waals surface area contributed by atoms with Crippen LogP contribution in [0.2, 0.25) is 0 Å². The van der Waals surface area contributed by atoms with Crippen molar-refractivity contribution in [1.29, 1.82) is 0 Å². The number of halogens is 1. The first kappa shape index (κ1) is 16.7. The molecule has 0 radical (unpaired) electrons. The van der Waals surface area contributed by atoms with Crippen LogP contribution in [0.3, 0.4) is 0 Å². The van der Waals surface area contributed by atoms with Gasteiger partial charge in [0, 0.05) is 5.33 Å². The monoisotopic (exact) mass is 347 g/mol. The van der Waals surface area contributed by atoms with Crippen LogP contribution >= 0.6 is 15.9 Å². The third-order valence-corrected chi connectivity index (χ3v) is 5.81. The van der Waals surface area contributed by atoms with Crippen molar-refractivity contribution in [3.05, 3.63) is 35.9 Å². The van der Waals surface area contributed by atoms with Gasteiger partial charge in [-0.05, 0) is 17.9 Å². The van der Waals surface area contributed by atoms with E-state index in [-0.39, 0.29) is 11.2 Å². The summed E-state index contributed by atoms with van der Waals surface area (Å²) in [6, 6.07) is 9.60. The lowest BCUT2D eigenvalue weighted by Gasteiger charge is -2.30. The molecule has 1 aromatic rings. The van der Waals surface area contributed by atoms with Gasteiger partial charge in [0.15, 0.2) is 0 Å². The summed E-state index contributed by atoms with van der Waals surface area (Å²) in [6.45, 7) is 7.64. The zero-order valence-electron chi connectivity index (χ0n) is 11.9. The average molecular weight is 348 g/mol. The van der Waals surface area contributed by atoms with E-state index >= 15 is 0 Å². The van der Waals surface area contributed by atoms with Gasteiger partial charge in [0.2, 0.25) is 10.0 Å². The number of benzene rings is 1. The molecule has 0 fully saturated rings. The quantitative estimate of drug-likeness (QED) is 0.831. The lowest BCUT2D eigenvalue weighted by atomic mass is 9.96. The van der Waals surface area contributed by atoms with Crippen LogP contribution in [0.5, 0.6) is 0 Å². The van der Waals surface area contributed by atoms with E-state index in [9.17, 15) is 8.42 Å². The van der Waals surface area contributed by atoms with E-state index in [4.69, 9.17) is 0 Å². The third kappa shape index (κ3) is 5.24. The van der Waals surface area contributed by atoms with Crippen molar-refractivity contribution in [1.82, 2.24) is 4.72 Å². The average Bonchev–Trinajstić information content (AvgIpc) is 2.26. The Bertz CT molecular complexity index is 508. The van der Waals surface area contributed by atoms with Crippen molar-refractivity contribution in [2.45, 2.75) is 33.2 Å². The molecule has 0 saturated carbocycles. The zero-order chi connectivity index (χ0) is 14.7. The van der Waals surface area contributed by atoms with Gasteiger partial charge in [0.25, 0.3) is 0 Å². The second kappa shape index (κ2) is 5.94. The topological polar surface area (TPSA) is 46.2 Å². The highest BCUT2D eigenvalue weighted by atomic mass is 79.9. The summed E-state index contributed by atoms with van der Waals surface area (Å²) in [5.41, 5.74) is 0.0468. The van der Waals surface area contributed by atoms with Crippen LogP contribution in [0.1, 0.15) is 33.3 Å². The van der Waals surface area contributed by atoms with E-state index in [1.54, 1.807) is 0 Å². The van der Waals surface area contributed by atoms with E-state index in [0.29, 0.717) is 5.33 Å². The van der Waals surface area contributed by atoms with Gasteiger partial charge in [-0.2, -0.15) is 0 Å². The first-order valence-corrected chi connectivity index (χ1v) is 8.98. The van der Waals surface area contributed by atoms with Gasteiger partial charge < -0.3 is 0 Å². The summed E-state index contributed by atoms with van der Waals surface area (Å²) in [4.78, 5) is 0. The summed E-state index contributed by atoms with van der Waals surface area (Å²) in [5, 5.41) is 0.521. The lowest BCUT2D eigenvalue weighted by molar-refractivity contribution is 0.438. The molecule has 0 aliphatic carbocycles. The molecule has 1 aromatic carbocycles. The smallest absolute Gasteiger partial charge is 0.212 e. The Morgan fingerprint density at radius 1 is 1.11 bits per heavy atom. The number of alkyl halides is 1. The van der Waals surface area contributed by atoms with Crippen molar-refractivity contribution >= 4 is 26.0 Å². The van der Waals surface area contributed by atoms with Crippen LogP contribution in [0, 0.1) is 5.41 Å². The second-order valence-electron chi connectivity index (χ2n) is 6.25. The highest BCUT2D eigenvalue weighted by Gasteiger charge is 2.32. The molecule has 3 nitrogen and oxygen atoms in total. The molecule has 1 rings (SSSR count). The predicted molar refractivity (Wildman–Crippen MR) is 84.0 cm³/mol. The van der Waals surface area contributed by atoms with Gasteiger partial charge in [-0.25, -0.2) is 13.1 Å². The Hall–Kier alpha value is -0.390. The number of hydrogen-bond donors (Lipinski definition) is 1. The zero-order valence-corrected chi connectivity index (χ0v) is 14.3. The first-order chi connectivity index (χ1) is 8.58. The van der Waals surface area contributed by atoms with Crippen LogP contribution in [-0.2, 0) is 15.6 Å². The van der Waals surface area contributed by atoms with Gasteiger partial charge in [0.05, 0.1) is 11.3 Å². The van der Waals surface area contributed by atoms with E-state index < -0.39 is 15.6 Å². The molecule has 0 bridgehead atoms. The minimum absolute atomic E-state index is 0.107. The normalized spacial score (nSPS) is 16.1. The van der Waals surface area contributed by atoms with E-state index in [0.717, 1.165) is 5.56 Å². The Labute approximate surface area is 125 Å². The molecule has 1 atom stereocenters. The fraction of sp³-hybridized carbons (Fsp3) is 0.571. The number of sulfonamides is 1. The van der Waals surface area contributed by atoms with E-state index in [2.05, 4.69) is 20.7 Å². The number of nitrogens with one attached hydrogen (secondary N) is 1. The standard InChI is InChI=1S/C14H22BrNO2S/c1-13(2,3)11-19(17,18)16-14(4,10-15)12-8-6-5-7-9-12/h5-9,16H,10-11H2,1-4H3. The maximum atomic E-state index is 12.3. The molecule has 0 aliphatic rings. The molecule has 0 aromatic heterocycles. The van der Waals surface area contributed by atoms with Gasteiger partial charge in [-0.1, -0.05) is 67.0 Å². The maximum Gasteiger partial charge on any atom is 0.212 e. The molecule has 19 heavy (non-hydrogen) atoms. The van der Waals surface area contributed by atoms with Crippen LogP contribution in [0.4, 0.5) is 0 Å². The second-order valence-corrected chi connectivity index (χ2v) is 8.54. The van der Waals surface area contributed by atoms with Crippen LogP contribution in [0.15, 0.2) is 30.3 Å². The van der Waals surface area contributed by atoms with Crippen molar-refractivity contribution in [3.63, 3.8) is 0 Å². The molecule has 1 unspecified atom stereocenters. The fourth-order valence-corrected chi connectivity index (χ4v) is 4.66. The van der Waals surface area contributed by atoms with Gasteiger partial charge >= 0.3 is 0 Å². The first-order valence-electron chi connectivity index (χ1n) is 6.21. The van der Waals surface area contributed by atoms with Crippen LogP contribution in [0.25, 0.3) is 0 Å². The molecule has 0 saturated heterocycles. The highest BCUT2D eigenvalue weighted by Crippen LogP contribution is 2.25. The largest absolute Gasteiger partial charge is 0.212 e. The predicted octanol–water partition coefficient (Wildman–Crippen LogP) is 3.26. The molecule has 108 valence electrons. The third-order valence-electron chi connectivity index (χ3n) is 2.68. The molecule has 0 spiro atoms. The van der Waals surface area contributed by atoms with E-state index in [1.807, 2.05) is 58.0 Å². The SMILES string of the molecule is CC(C)(C)CS(=O)(=O)NC(C)(CBr)c1ccccc1. The highest BCUT2D eigenvalue weighted by molar-refractivity contribution is 9.09. The molecular formula is C14H22BrNO2S. The summed E-state index contributed by atoms with van der Waals surface area (Å²) in [7, 11) is -3.34. The summed E-state index contributed by atoms with van der Waals surface area (Å²) in [6.07, 6.45) is 0. The van der Waals surface area contributed by atoms with Gasteiger partial charge in [-0.3, -0.25) is 0 Å². The van der Waals surface area contributed by atoms with Crippen molar-refractivity contribution in [2.75, 3.05) is 11.1 Å². The van der Waals surface area contributed by atoms with Crippen molar-refractivity contribution < 1.29 is 8.42 Å². The van der Waals surface area contributed by atoms with Gasteiger partial charge in [-0.15, -0.1) is 0 Å². The molecule has 1 N–H and O–H groups in total. The van der Waals surface area contributed by atoms with Crippen molar-refractivity contribution in [2.24, 2.45) is 5.41 Å².